The minimum atomic E-state index is -1.03. The molecule has 5 heteroatoms. The molecule has 1 aliphatic rings. The van der Waals surface area contributed by atoms with Crippen LogP contribution in [0.25, 0.3) is 0 Å². The van der Waals surface area contributed by atoms with Crippen LogP contribution in [-0.2, 0) is 0 Å². The summed E-state index contributed by atoms with van der Waals surface area (Å²) >= 11 is 0. The Kier molecular flexibility index (Phi) is 4.50. The molecular formula is C16H22N2O3. The van der Waals surface area contributed by atoms with Crippen LogP contribution >= 0.6 is 0 Å². The van der Waals surface area contributed by atoms with Crippen LogP contribution in [0, 0.1) is 12.8 Å². The molecule has 0 bridgehead atoms. The standard InChI is InChI=1S/C16H22N2O3/c1-10-7-8-18(12(3)9-10)16(21)17-14-11(2)5-4-6-13(14)15(19)20/h4-6,10,12H,7-9H2,1-3H3,(H,17,21)(H,19,20). The summed E-state index contributed by atoms with van der Waals surface area (Å²) in [5.41, 5.74) is 1.27. The van der Waals surface area contributed by atoms with Gasteiger partial charge in [-0.2, -0.15) is 0 Å². The van der Waals surface area contributed by atoms with Gasteiger partial charge in [-0.1, -0.05) is 19.1 Å². The van der Waals surface area contributed by atoms with E-state index in [1.165, 1.54) is 6.07 Å². The SMILES string of the molecule is Cc1cccc(C(=O)O)c1NC(=O)N1CCC(C)CC1C. The third-order valence-electron chi connectivity index (χ3n) is 4.13. The van der Waals surface area contributed by atoms with Crippen molar-refractivity contribution in [3.8, 4) is 0 Å². The first-order chi connectivity index (χ1) is 9.90. The highest BCUT2D eigenvalue weighted by Crippen LogP contribution is 2.25. The Morgan fingerprint density at radius 3 is 2.67 bits per heavy atom. The molecule has 2 N–H and O–H groups in total. The number of hydrogen-bond acceptors (Lipinski definition) is 2. The Labute approximate surface area is 125 Å². The Morgan fingerprint density at radius 2 is 2.05 bits per heavy atom. The van der Waals surface area contributed by atoms with Gasteiger partial charge in [-0.25, -0.2) is 9.59 Å². The summed E-state index contributed by atoms with van der Waals surface area (Å²) in [6.07, 6.45) is 1.96. The largest absolute Gasteiger partial charge is 0.478 e. The van der Waals surface area contributed by atoms with Gasteiger partial charge in [0.2, 0.25) is 0 Å². The molecule has 0 aliphatic carbocycles. The van der Waals surface area contributed by atoms with Crippen molar-refractivity contribution >= 4 is 17.7 Å². The molecule has 0 spiro atoms. The molecule has 1 aromatic rings. The van der Waals surface area contributed by atoms with Crippen LogP contribution in [0.3, 0.4) is 0 Å². The fraction of sp³-hybridized carbons (Fsp3) is 0.500. The number of nitrogens with one attached hydrogen (secondary N) is 1. The van der Waals surface area contributed by atoms with Gasteiger partial charge < -0.3 is 15.3 Å². The zero-order valence-electron chi connectivity index (χ0n) is 12.7. The molecule has 1 aromatic carbocycles. The van der Waals surface area contributed by atoms with Gasteiger partial charge in [0.25, 0.3) is 0 Å². The van der Waals surface area contributed by atoms with Gasteiger partial charge in [0.1, 0.15) is 0 Å². The summed E-state index contributed by atoms with van der Waals surface area (Å²) in [6.45, 7) is 6.73. The third-order valence-corrected chi connectivity index (χ3v) is 4.13. The first kappa shape index (κ1) is 15.4. The smallest absolute Gasteiger partial charge is 0.337 e. The first-order valence-electron chi connectivity index (χ1n) is 7.30. The predicted octanol–water partition coefficient (Wildman–Crippen LogP) is 3.35. The lowest BCUT2D eigenvalue weighted by Crippen LogP contribution is -2.46. The van der Waals surface area contributed by atoms with Gasteiger partial charge in [-0.3, -0.25) is 0 Å². The van der Waals surface area contributed by atoms with Crippen molar-refractivity contribution in [2.75, 3.05) is 11.9 Å². The molecule has 21 heavy (non-hydrogen) atoms. The topological polar surface area (TPSA) is 69.6 Å². The number of likely N-dealkylation sites (tertiary alicyclic amines) is 1. The quantitative estimate of drug-likeness (QED) is 0.877. The lowest BCUT2D eigenvalue weighted by molar-refractivity contribution is 0.0698. The van der Waals surface area contributed by atoms with E-state index in [0.29, 0.717) is 18.2 Å². The van der Waals surface area contributed by atoms with Crippen molar-refractivity contribution < 1.29 is 14.7 Å². The van der Waals surface area contributed by atoms with Crippen LogP contribution in [-0.4, -0.2) is 34.6 Å². The number of carbonyl (C=O) groups is 2. The fourth-order valence-corrected chi connectivity index (χ4v) is 2.90. The van der Waals surface area contributed by atoms with E-state index in [1.54, 1.807) is 24.0 Å². The van der Waals surface area contributed by atoms with E-state index in [-0.39, 0.29) is 17.6 Å². The number of amides is 2. The Balaban J connectivity index is 2.18. The van der Waals surface area contributed by atoms with Gasteiger partial charge in [0.15, 0.2) is 0 Å². The number of carboxylic acid groups (broad SMARTS) is 1. The number of benzene rings is 1. The molecule has 2 amide bonds. The van der Waals surface area contributed by atoms with Gasteiger partial charge in [0, 0.05) is 12.6 Å². The molecule has 0 saturated carbocycles. The second kappa shape index (κ2) is 6.16. The number of urea groups is 1. The number of nitrogens with zero attached hydrogens (tertiary/aromatic N) is 1. The van der Waals surface area contributed by atoms with E-state index in [0.717, 1.165) is 18.4 Å². The molecule has 114 valence electrons. The number of carbonyl (C=O) groups excluding carboxylic acids is 1. The maximum absolute atomic E-state index is 12.4. The van der Waals surface area contributed by atoms with Gasteiger partial charge in [-0.05, 0) is 44.2 Å². The van der Waals surface area contributed by atoms with Crippen molar-refractivity contribution in [2.45, 2.75) is 39.7 Å². The van der Waals surface area contributed by atoms with Crippen molar-refractivity contribution in [3.63, 3.8) is 0 Å². The van der Waals surface area contributed by atoms with E-state index in [4.69, 9.17) is 0 Å². The fourth-order valence-electron chi connectivity index (χ4n) is 2.90. The number of aryl methyl sites for hydroxylation is 1. The number of piperidine rings is 1. The van der Waals surface area contributed by atoms with Crippen molar-refractivity contribution in [1.82, 2.24) is 4.90 Å². The summed E-state index contributed by atoms with van der Waals surface area (Å²) in [4.78, 5) is 25.5. The Hall–Kier alpha value is -2.04. The highest BCUT2D eigenvalue weighted by Gasteiger charge is 2.27. The molecule has 0 radical (unpaired) electrons. The second-order valence-corrected chi connectivity index (χ2v) is 5.90. The van der Waals surface area contributed by atoms with Crippen LogP contribution in [0.2, 0.25) is 0 Å². The van der Waals surface area contributed by atoms with Crippen LogP contribution in [0.1, 0.15) is 42.6 Å². The normalized spacial score (nSPS) is 22.0. The summed E-state index contributed by atoms with van der Waals surface area (Å²) in [5, 5.41) is 12.0. The molecule has 1 fully saturated rings. The average molecular weight is 290 g/mol. The molecule has 2 rings (SSSR count). The Morgan fingerprint density at radius 1 is 1.33 bits per heavy atom. The number of carboxylic acids is 1. The molecule has 1 saturated heterocycles. The highest BCUT2D eigenvalue weighted by atomic mass is 16.4. The van der Waals surface area contributed by atoms with Crippen LogP contribution in [0.4, 0.5) is 10.5 Å². The lowest BCUT2D eigenvalue weighted by Gasteiger charge is -2.36. The zero-order chi connectivity index (χ0) is 15.6. The van der Waals surface area contributed by atoms with Crippen LogP contribution in [0.5, 0.6) is 0 Å². The summed E-state index contributed by atoms with van der Waals surface area (Å²) < 4.78 is 0. The monoisotopic (exact) mass is 290 g/mol. The maximum atomic E-state index is 12.4. The molecule has 0 aromatic heterocycles. The zero-order valence-corrected chi connectivity index (χ0v) is 12.7. The molecular weight excluding hydrogens is 268 g/mol. The molecule has 1 aliphatic heterocycles. The van der Waals surface area contributed by atoms with E-state index in [2.05, 4.69) is 12.2 Å². The molecule has 5 nitrogen and oxygen atoms in total. The Bertz CT molecular complexity index is 556. The van der Waals surface area contributed by atoms with E-state index >= 15 is 0 Å². The second-order valence-electron chi connectivity index (χ2n) is 5.90. The number of para-hydroxylation sites is 1. The summed E-state index contributed by atoms with van der Waals surface area (Å²) in [7, 11) is 0. The first-order valence-corrected chi connectivity index (χ1v) is 7.30. The van der Waals surface area contributed by atoms with E-state index in [1.807, 2.05) is 6.92 Å². The van der Waals surface area contributed by atoms with Crippen molar-refractivity contribution in [1.29, 1.82) is 0 Å². The molecule has 2 atom stereocenters. The number of hydrogen-bond donors (Lipinski definition) is 2. The van der Waals surface area contributed by atoms with Crippen LogP contribution < -0.4 is 5.32 Å². The minimum absolute atomic E-state index is 0.126. The highest BCUT2D eigenvalue weighted by molar-refractivity contribution is 6.01. The van der Waals surface area contributed by atoms with Crippen molar-refractivity contribution in [3.05, 3.63) is 29.3 Å². The number of rotatable bonds is 2. The van der Waals surface area contributed by atoms with Gasteiger partial charge in [0.05, 0.1) is 11.3 Å². The maximum Gasteiger partial charge on any atom is 0.337 e. The van der Waals surface area contributed by atoms with Gasteiger partial charge >= 0.3 is 12.0 Å². The van der Waals surface area contributed by atoms with E-state index < -0.39 is 5.97 Å². The van der Waals surface area contributed by atoms with Crippen LogP contribution in [0.15, 0.2) is 18.2 Å². The molecule has 1 heterocycles. The van der Waals surface area contributed by atoms with Gasteiger partial charge in [-0.15, -0.1) is 0 Å². The van der Waals surface area contributed by atoms with E-state index in [9.17, 15) is 14.7 Å². The number of aromatic carboxylic acids is 1. The number of anilines is 1. The lowest BCUT2D eigenvalue weighted by atomic mass is 9.94. The average Bonchev–Trinajstić information content (AvgIpc) is 2.40. The molecule has 2 unspecified atom stereocenters. The summed E-state index contributed by atoms with van der Waals surface area (Å²) in [6, 6.07) is 4.94. The summed E-state index contributed by atoms with van der Waals surface area (Å²) in [5.74, 6) is -0.411. The predicted molar refractivity (Wildman–Crippen MR) is 81.7 cm³/mol. The van der Waals surface area contributed by atoms with Crippen molar-refractivity contribution in [2.24, 2.45) is 5.92 Å². The third kappa shape index (κ3) is 3.35. The minimum Gasteiger partial charge on any atom is -0.478 e.